The quantitative estimate of drug-likeness (QED) is 0.789. The van der Waals surface area contributed by atoms with E-state index in [1.165, 1.54) is 0 Å². The predicted molar refractivity (Wildman–Crippen MR) is 59.3 cm³/mol. The van der Waals surface area contributed by atoms with Gasteiger partial charge in [-0.3, -0.25) is 0 Å². The second kappa shape index (κ2) is 5.27. The van der Waals surface area contributed by atoms with E-state index >= 15 is 0 Å². The standard InChI is InChI=1S/C10H18N4O2/c1-14(8-3-6-15-7-4-8)10-13-12-9(16-10)2-5-11/h8H,2-7,11H2,1H3. The topological polar surface area (TPSA) is 77.4 Å². The van der Waals surface area contributed by atoms with Crippen molar-refractivity contribution in [3.63, 3.8) is 0 Å². The average Bonchev–Trinajstić information content (AvgIpc) is 2.78. The molecule has 1 fully saturated rings. The zero-order chi connectivity index (χ0) is 11.4. The minimum Gasteiger partial charge on any atom is -0.408 e. The van der Waals surface area contributed by atoms with Gasteiger partial charge in [0.15, 0.2) is 0 Å². The Bertz CT molecular complexity index is 322. The lowest BCUT2D eigenvalue weighted by atomic mass is 10.1. The number of rotatable bonds is 4. The first-order valence-corrected chi connectivity index (χ1v) is 5.64. The zero-order valence-corrected chi connectivity index (χ0v) is 9.56. The molecule has 6 nitrogen and oxygen atoms in total. The van der Waals surface area contributed by atoms with Crippen molar-refractivity contribution >= 4 is 6.01 Å². The van der Waals surface area contributed by atoms with Crippen molar-refractivity contribution in [2.75, 3.05) is 31.7 Å². The molecule has 0 amide bonds. The summed E-state index contributed by atoms with van der Waals surface area (Å²) in [6, 6.07) is 1.01. The molecule has 1 aromatic rings. The normalized spacial score (nSPS) is 17.6. The van der Waals surface area contributed by atoms with Crippen LogP contribution >= 0.6 is 0 Å². The van der Waals surface area contributed by atoms with Gasteiger partial charge >= 0.3 is 6.01 Å². The highest BCUT2D eigenvalue weighted by atomic mass is 16.5. The number of ether oxygens (including phenoxy) is 1. The van der Waals surface area contributed by atoms with E-state index in [-0.39, 0.29) is 0 Å². The van der Waals surface area contributed by atoms with E-state index in [4.69, 9.17) is 14.9 Å². The number of hydrogen-bond donors (Lipinski definition) is 1. The van der Waals surface area contributed by atoms with Gasteiger partial charge in [0.2, 0.25) is 5.89 Å². The van der Waals surface area contributed by atoms with Crippen LogP contribution in [0.4, 0.5) is 6.01 Å². The second-order valence-electron chi connectivity index (χ2n) is 3.97. The summed E-state index contributed by atoms with van der Waals surface area (Å²) in [4.78, 5) is 2.04. The van der Waals surface area contributed by atoms with Gasteiger partial charge in [-0.1, -0.05) is 5.10 Å². The lowest BCUT2D eigenvalue weighted by Crippen LogP contribution is -2.36. The molecule has 0 aliphatic carbocycles. The Balaban J connectivity index is 1.98. The highest BCUT2D eigenvalue weighted by Crippen LogP contribution is 2.19. The molecule has 2 rings (SSSR count). The third-order valence-electron chi connectivity index (χ3n) is 2.85. The van der Waals surface area contributed by atoms with Gasteiger partial charge in [-0.25, -0.2) is 0 Å². The van der Waals surface area contributed by atoms with Crippen LogP contribution in [0.1, 0.15) is 18.7 Å². The number of hydrogen-bond acceptors (Lipinski definition) is 6. The summed E-state index contributed by atoms with van der Waals surface area (Å²) in [6.07, 6.45) is 2.64. The van der Waals surface area contributed by atoms with Crippen LogP contribution in [0.15, 0.2) is 4.42 Å². The van der Waals surface area contributed by atoms with Crippen LogP contribution in [0.5, 0.6) is 0 Å². The Kier molecular flexibility index (Phi) is 3.74. The maximum Gasteiger partial charge on any atom is 0.318 e. The van der Waals surface area contributed by atoms with Crippen LogP contribution in [0.25, 0.3) is 0 Å². The molecule has 0 spiro atoms. The fourth-order valence-electron chi connectivity index (χ4n) is 1.84. The number of nitrogens with two attached hydrogens (primary N) is 1. The lowest BCUT2D eigenvalue weighted by Gasteiger charge is -2.29. The Morgan fingerprint density at radius 3 is 2.81 bits per heavy atom. The van der Waals surface area contributed by atoms with Crippen LogP contribution in [0, 0.1) is 0 Å². The van der Waals surface area contributed by atoms with Crippen LogP contribution in [0.2, 0.25) is 0 Å². The van der Waals surface area contributed by atoms with Gasteiger partial charge in [-0.05, 0) is 12.8 Å². The first kappa shape index (κ1) is 11.3. The lowest BCUT2D eigenvalue weighted by molar-refractivity contribution is 0.0845. The highest BCUT2D eigenvalue weighted by molar-refractivity contribution is 5.24. The van der Waals surface area contributed by atoms with Crippen LogP contribution in [-0.4, -0.2) is 43.0 Å². The minimum atomic E-state index is 0.430. The molecule has 0 saturated carbocycles. The smallest absolute Gasteiger partial charge is 0.318 e. The van der Waals surface area contributed by atoms with Gasteiger partial charge in [0.25, 0.3) is 0 Å². The number of aromatic nitrogens is 2. The van der Waals surface area contributed by atoms with E-state index in [1.54, 1.807) is 0 Å². The summed E-state index contributed by atoms with van der Waals surface area (Å²) < 4.78 is 10.8. The number of anilines is 1. The predicted octanol–water partition coefficient (Wildman–Crippen LogP) is 0.186. The average molecular weight is 226 g/mol. The van der Waals surface area contributed by atoms with E-state index < -0.39 is 0 Å². The molecular weight excluding hydrogens is 208 g/mol. The molecule has 0 atom stereocenters. The van der Waals surface area contributed by atoms with Crippen LogP contribution in [-0.2, 0) is 11.2 Å². The van der Waals surface area contributed by atoms with Crippen molar-refractivity contribution in [2.45, 2.75) is 25.3 Å². The fourth-order valence-corrected chi connectivity index (χ4v) is 1.84. The first-order chi connectivity index (χ1) is 7.81. The molecule has 0 unspecified atom stereocenters. The van der Waals surface area contributed by atoms with Crippen molar-refractivity contribution in [3.05, 3.63) is 5.89 Å². The molecule has 0 aromatic carbocycles. The van der Waals surface area contributed by atoms with Crippen LogP contribution < -0.4 is 10.6 Å². The van der Waals surface area contributed by atoms with Crippen molar-refractivity contribution in [1.82, 2.24) is 10.2 Å². The third-order valence-corrected chi connectivity index (χ3v) is 2.85. The second-order valence-corrected chi connectivity index (χ2v) is 3.97. The fraction of sp³-hybridized carbons (Fsp3) is 0.800. The molecule has 0 radical (unpaired) electrons. The minimum absolute atomic E-state index is 0.430. The first-order valence-electron chi connectivity index (χ1n) is 5.64. The zero-order valence-electron chi connectivity index (χ0n) is 9.56. The highest BCUT2D eigenvalue weighted by Gasteiger charge is 2.22. The van der Waals surface area contributed by atoms with E-state index in [0.717, 1.165) is 26.1 Å². The van der Waals surface area contributed by atoms with E-state index in [1.807, 2.05) is 11.9 Å². The monoisotopic (exact) mass is 226 g/mol. The summed E-state index contributed by atoms with van der Waals surface area (Å²) in [5, 5.41) is 7.98. The summed E-state index contributed by atoms with van der Waals surface area (Å²) in [5.74, 6) is 0.608. The van der Waals surface area contributed by atoms with Crippen molar-refractivity contribution in [1.29, 1.82) is 0 Å². The largest absolute Gasteiger partial charge is 0.408 e. The van der Waals surface area contributed by atoms with Gasteiger partial charge in [-0.15, -0.1) is 5.10 Å². The molecule has 1 aliphatic rings. The molecule has 0 bridgehead atoms. The molecule has 1 aliphatic heterocycles. The summed E-state index contributed by atoms with van der Waals surface area (Å²) >= 11 is 0. The van der Waals surface area contributed by atoms with Gasteiger partial charge < -0.3 is 19.8 Å². The van der Waals surface area contributed by atoms with Gasteiger partial charge in [0, 0.05) is 39.3 Å². The molecular formula is C10H18N4O2. The molecule has 90 valence electrons. The Labute approximate surface area is 94.8 Å². The maximum atomic E-state index is 5.52. The molecule has 1 saturated heterocycles. The molecule has 2 N–H and O–H groups in total. The molecule has 2 heterocycles. The SMILES string of the molecule is CN(c1nnc(CCN)o1)C1CCOCC1. The summed E-state index contributed by atoms with van der Waals surface area (Å²) in [6.45, 7) is 2.14. The van der Waals surface area contributed by atoms with Crippen molar-refractivity contribution in [2.24, 2.45) is 5.73 Å². The third kappa shape index (κ3) is 2.51. The molecule has 16 heavy (non-hydrogen) atoms. The molecule has 1 aromatic heterocycles. The Hall–Kier alpha value is -1.14. The number of nitrogens with zero attached hydrogens (tertiary/aromatic N) is 3. The van der Waals surface area contributed by atoms with E-state index in [2.05, 4.69) is 10.2 Å². The Morgan fingerprint density at radius 1 is 1.38 bits per heavy atom. The summed E-state index contributed by atoms with van der Waals surface area (Å²) in [5.41, 5.74) is 5.43. The van der Waals surface area contributed by atoms with Gasteiger partial charge in [0.05, 0.1) is 0 Å². The van der Waals surface area contributed by atoms with Crippen molar-refractivity contribution in [3.8, 4) is 0 Å². The maximum absolute atomic E-state index is 5.52. The van der Waals surface area contributed by atoms with E-state index in [0.29, 0.717) is 30.9 Å². The van der Waals surface area contributed by atoms with Gasteiger partial charge in [0.1, 0.15) is 0 Å². The van der Waals surface area contributed by atoms with Crippen molar-refractivity contribution < 1.29 is 9.15 Å². The summed E-state index contributed by atoms with van der Waals surface area (Å²) in [7, 11) is 1.98. The van der Waals surface area contributed by atoms with Gasteiger partial charge in [-0.2, -0.15) is 0 Å². The molecule has 6 heteroatoms. The Morgan fingerprint density at radius 2 is 2.12 bits per heavy atom. The van der Waals surface area contributed by atoms with E-state index in [9.17, 15) is 0 Å². The van der Waals surface area contributed by atoms with Crippen LogP contribution in [0.3, 0.4) is 0 Å².